The monoisotopic (exact) mass is 316 g/mol. The summed E-state index contributed by atoms with van der Waals surface area (Å²) in [6.07, 6.45) is 0. The van der Waals surface area contributed by atoms with Gasteiger partial charge in [0, 0.05) is 13.1 Å². The van der Waals surface area contributed by atoms with Gasteiger partial charge < -0.3 is 15.4 Å². The Hall–Kier alpha value is -2.56. The Labute approximate surface area is 135 Å². The number of halogens is 1. The molecule has 0 atom stereocenters. The van der Waals surface area contributed by atoms with Gasteiger partial charge >= 0.3 is 6.03 Å². The van der Waals surface area contributed by atoms with E-state index in [9.17, 15) is 9.18 Å². The summed E-state index contributed by atoms with van der Waals surface area (Å²) in [4.78, 5) is 11.8. The fraction of sp³-hybridized carbons (Fsp3) is 0.278. The maximum atomic E-state index is 13.2. The lowest BCUT2D eigenvalue weighted by atomic mass is 10.1. The number of amides is 2. The zero-order valence-corrected chi connectivity index (χ0v) is 13.4. The smallest absolute Gasteiger partial charge is 0.315 e. The van der Waals surface area contributed by atoms with Gasteiger partial charge in [-0.1, -0.05) is 24.3 Å². The second kappa shape index (κ2) is 8.17. The normalized spacial score (nSPS) is 10.2. The molecule has 0 heterocycles. The highest BCUT2D eigenvalue weighted by molar-refractivity contribution is 5.73. The van der Waals surface area contributed by atoms with Crippen LogP contribution in [0.2, 0.25) is 0 Å². The Kier molecular flexibility index (Phi) is 5.97. The molecule has 0 unspecified atom stereocenters. The van der Waals surface area contributed by atoms with Gasteiger partial charge in [0.25, 0.3) is 0 Å². The van der Waals surface area contributed by atoms with Gasteiger partial charge in [-0.3, -0.25) is 0 Å². The SMILES string of the molecule is CCOc1cccc(CNC(=O)NCc2ccc(F)c(C)c2)c1. The highest BCUT2D eigenvalue weighted by Gasteiger charge is 2.03. The molecule has 122 valence electrons. The fourth-order valence-corrected chi connectivity index (χ4v) is 2.16. The number of rotatable bonds is 6. The molecule has 2 N–H and O–H groups in total. The first kappa shape index (κ1) is 16.8. The summed E-state index contributed by atoms with van der Waals surface area (Å²) in [7, 11) is 0. The van der Waals surface area contributed by atoms with Crippen molar-refractivity contribution in [3.63, 3.8) is 0 Å². The van der Waals surface area contributed by atoms with Gasteiger partial charge in [-0.2, -0.15) is 0 Å². The summed E-state index contributed by atoms with van der Waals surface area (Å²) in [5.74, 6) is 0.543. The van der Waals surface area contributed by atoms with Gasteiger partial charge in [0.05, 0.1) is 6.61 Å². The zero-order valence-electron chi connectivity index (χ0n) is 13.4. The molecular weight excluding hydrogens is 295 g/mol. The van der Waals surface area contributed by atoms with Gasteiger partial charge in [0.1, 0.15) is 11.6 Å². The molecule has 0 spiro atoms. The van der Waals surface area contributed by atoms with Gasteiger partial charge in [0.2, 0.25) is 0 Å². The molecule has 4 nitrogen and oxygen atoms in total. The summed E-state index contributed by atoms with van der Waals surface area (Å²) in [6.45, 7) is 5.00. The molecule has 0 bridgehead atoms. The lowest BCUT2D eigenvalue weighted by Crippen LogP contribution is -2.34. The number of carbonyl (C=O) groups is 1. The minimum absolute atomic E-state index is 0.243. The van der Waals surface area contributed by atoms with E-state index in [4.69, 9.17) is 4.74 Å². The third kappa shape index (κ3) is 5.29. The van der Waals surface area contributed by atoms with E-state index in [0.717, 1.165) is 16.9 Å². The molecule has 23 heavy (non-hydrogen) atoms. The maximum absolute atomic E-state index is 13.2. The molecule has 5 heteroatoms. The Morgan fingerprint density at radius 2 is 1.78 bits per heavy atom. The van der Waals surface area contributed by atoms with Crippen LogP contribution < -0.4 is 15.4 Å². The van der Waals surface area contributed by atoms with E-state index in [1.165, 1.54) is 6.07 Å². The van der Waals surface area contributed by atoms with E-state index in [2.05, 4.69) is 10.6 Å². The van der Waals surface area contributed by atoms with Crippen molar-refractivity contribution in [3.05, 3.63) is 65.0 Å². The van der Waals surface area contributed by atoms with Gasteiger partial charge in [-0.05, 0) is 48.7 Å². The van der Waals surface area contributed by atoms with Crippen molar-refractivity contribution in [2.45, 2.75) is 26.9 Å². The number of aryl methyl sites for hydroxylation is 1. The lowest BCUT2D eigenvalue weighted by molar-refractivity contribution is 0.240. The molecule has 0 saturated carbocycles. The summed E-state index contributed by atoms with van der Waals surface area (Å²) in [5, 5.41) is 5.54. The molecule has 2 aromatic rings. The molecule has 0 fully saturated rings. The molecular formula is C18H21FN2O2. The Bertz CT molecular complexity index is 674. The standard InChI is InChI=1S/C18H21FN2O2/c1-3-23-16-6-4-5-14(10-16)11-20-18(22)21-12-15-7-8-17(19)13(2)9-15/h4-10H,3,11-12H2,1-2H3,(H2,20,21,22). The van der Waals surface area contributed by atoms with Crippen LogP contribution in [0.15, 0.2) is 42.5 Å². The number of carbonyl (C=O) groups excluding carboxylic acids is 1. The third-order valence-electron chi connectivity index (χ3n) is 3.34. The highest BCUT2D eigenvalue weighted by Crippen LogP contribution is 2.13. The Balaban J connectivity index is 1.80. The Morgan fingerprint density at radius 1 is 1.09 bits per heavy atom. The second-order valence-electron chi connectivity index (χ2n) is 5.20. The molecule has 0 radical (unpaired) electrons. The molecule has 2 rings (SSSR count). The lowest BCUT2D eigenvalue weighted by Gasteiger charge is -2.10. The molecule has 2 aromatic carbocycles. The van der Waals surface area contributed by atoms with E-state index < -0.39 is 0 Å². The van der Waals surface area contributed by atoms with Gasteiger partial charge in [-0.25, -0.2) is 9.18 Å². The van der Waals surface area contributed by atoms with Crippen LogP contribution in [0.4, 0.5) is 9.18 Å². The van der Waals surface area contributed by atoms with Crippen molar-refractivity contribution < 1.29 is 13.9 Å². The van der Waals surface area contributed by atoms with E-state index in [-0.39, 0.29) is 11.8 Å². The van der Waals surface area contributed by atoms with Crippen LogP contribution in [0.3, 0.4) is 0 Å². The van der Waals surface area contributed by atoms with Crippen LogP contribution in [0.25, 0.3) is 0 Å². The number of hydrogen-bond acceptors (Lipinski definition) is 2. The first-order valence-electron chi connectivity index (χ1n) is 7.57. The third-order valence-corrected chi connectivity index (χ3v) is 3.34. The fourth-order valence-electron chi connectivity index (χ4n) is 2.16. The zero-order chi connectivity index (χ0) is 16.7. The minimum atomic E-state index is -0.270. The second-order valence-corrected chi connectivity index (χ2v) is 5.20. The number of urea groups is 1. The quantitative estimate of drug-likeness (QED) is 0.856. The van der Waals surface area contributed by atoms with E-state index in [1.54, 1.807) is 19.1 Å². The maximum Gasteiger partial charge on any atom is 0.315 e. The average molecular weight is 316 g/mol. The largest absolute Gasteiger partial charge is 0.494 e. The van der Waals surface area contributed by atoms with Crippen molar-refractivity contribution in [3.8, 4) is 5.75 Å². The molecule has 0 saturated heterocycles. The summed E-state index contributed by atoms with van der Waals surface area (Å²) >= 11 is 0. The molecule has 0 aliphatic carbocycles. The Morgan fingerprint density at radius 3 is 2.43 bits per heavy atom. The van der Waals surface area contributed by atoms with Crippen molar-refractivity contribution in [1.82, 2.24) is 10.6 Å². The van der Waals surface area contributed by atoms with Crippen molar-refractivity contribution in [1.29, 1.82) is 0 Å². The van der Waals surface area contributed by atoms with Crippen molar-refractivity contribution >= 4 is 6.03 Å². The first-order chi connectivity index (χ1) is 11.1. The predicted molar refractivity (Wildman–Crippen MR) is 87.8 cm³/mol. The van der Waals surface area contributed by atoms with E-state index in [1.807, 2.05) is 31.2 Å². The molecule has 0 aliphatic rings. The molecule has 0 aromatic heterocycles. The number of nitrogens with one attached hydrogen (secondary N) is 2. The highest BCUT2D eigenvalue weighted by atomic mass is 19.1. The van der Waals surface area contributed by atoms with Gasteiger partial charge in [0.15, 0.2) is 0 Å². The number of hydrogen-bond donors (Lipinski definition) is 2. The summed E-state index contributed by atoms with van der Waals surface area (Å²) in [5.41, 5.74) is 2.39. The van der Waals surface area contributed by atoms with Crippen LogP contribution in [0, 0.1) is 12.7 Å². The molecule has 0 aliphatic heterocycles. The van der Waals surface area contributed by atoms with E-state index >= 15 is 0 Å². The minimum Gasteiger partial charge on any atom is -0.494 e. The van der Waals surface area contributed by atoms with Crippen LogP contribution in [-0.2, 0) is 13.1 Å². The summed E-state index contributed by atoms with van der Waals surface area (Å²) < 4.78 is 18.6. The van der Waals surface area contributed by atoms with Crippen LogP contribution in [0.5, 0.6) is 5.75 Å². The first-order valence-corrected chi connectivity index (χ1v) is 7.57. The molecule has 2 amide bonds. The van der Waals surface area contributed by atoms with Crippen LogP contribution in [-0.4, -0.2) is 12.6 Å². The average Bonchev–Trinajstić information content (AvgIpc) is 2.55. The van der Waals surface area contributed by atoms with E-state index in [0.29, 0.717) is 25.3 Å². The van der Waals surface area contributed by atoms with Crippen LogP contribution in [0.1, 0.15) is 23.6 Å². The predicted octanol–water partition coefficient (Wildman–Crippen LogP) is 3.53. The summed E-state index contributed by atoms with van der Waals surface area (Å²) in [6, 6.07) is 12.1. The number of benzene rings is 2. The van der Waals surface area contributed by atoms with Crippen molar-refractivity contribution in [2.24, 2.45) is 0 Å². The van der Waals surface area contributed by atoms with Gasteiger partial charge in [-0.15, -0.1) is 0 Å². The number of ether oxygens (including phenoxy) is 1. The van der Waals surface area contributed by atoms with Crippen molar-refractivity contribution in [2.75, 3.05) is 6.61 Å². The van der Waals surface area contributed by atoms with Crippen LogP contribution >= 0.6 is 0 Å². The topological polar surface area (TPSA) is 50.4 Å².